The molecule has 0 unspecified atom stereocenters. The standard InChI is InChI=1S/C6H16N4/c1-2-3-4-5-10(9)6(7)8/h2-5,9H2,1H3,(H3,7,8). The first kappa shape index (κ1) is 9.23. The van der Waals surface area contributed by atoms with Crippen molar-refractivity contribution in [1.82, 2.24) is 5.01 Å². The molecule has 0 spiro atoms. The van der Waals surface area contributed by atoms with E-state index in [1.165, 1.54) is 5.01 Å². The lowest BCUT2D eigenvalue weighted by Crippen LogP contribution is -2.42. The number of guanidine groups is 1. The molecule has 4 heteroatoms. The number of nitrogens with one attached hydrogen (secondary N) is 1. The third-order valence-electron chi connectivity index (χ3n) is 1.31. The Morgan fingerprint density at radius 1 is 1.50 bits per heavy atom. The maximum atomic E-state index is 6.91. The van der Waals surface area contributed by atoms with Gasteiger partial charge in [-0.25, -0.2) is 5.84 Å². The van der Waals surface area contributed by atoms with Gasteiger partial charge in [-0.1, -0.05) is 19.8 Å². The molecule has 0 bridgehead atoms. The number of hydrogen-bond acceptors (Lipinski definition) is 2. The Morgan fingerprint density at radius 3 is 2.50 bits per heavy atom. The van der Waals surface area contributed by atoms with E-state index < -0.39 is 0 Å². The highest BCUT2D eigenvalue weighted by atomic mass is 15.4. The Balaban J connectivity index is 3.21. The topological polar surface area (TPSA) is 79.1 Å². The minimum atomic E-state index is -0.0592. The summed E-state index contributed by atoms with van der Waals surface area (Å²) in [6.45, 7) is 2.80. The van der Waals surface area contributed by atoms with E-state index in [9.17, 15) is 0 Å². The molecule has 0 aromatic carbocycles. The van der Waals surface area contributed by atoms with E-state index in [1.54, 1.807) is 0 Å². The Hall–Kier alpha value is -0.770. The van der Waals surface area contributed by atoms with Crippen LogP contribution in [0.1, 0.15) is 26.2 Å². The van der Waals surface area contributed by atoms with Gasteiger partial charge in [0.2, 0.25) is 5.96 Å². The summed E-state index contributed by atoms with van der Waals surface area (Å²) in [5.74, 6) is 5.28. The molecule has 0 rings (SSSR count). The summed E-state index contributed by atoms with van der Waals surface area (Å²) in [6, 6.07) is 0. The van der Waals surface area contributed by atoms with Crippen LogP contribution in [0.15, 0.2) is 0 Å². The Labute approximate surface area is 61.7 Å². The van der Waals surface area contributed by atoms with Crippen molar-refractivity contribution in [1.29, 1.82) is 5.41 Å². The second kappa shape index (κ2) is 5.05. The zero-order valence-electron chi connectivity index (χ0n) is 6.43. The third kappa shape index (κ3) is 4.14. The molecule has 5 N–H and O–H groups in total. The van der Waals surface area contributed by atoms with Crippen LogP contribution in [0, 0.1) is 5.41 Å². The number of nitrogens with two attached hydrogens (primary N) is 2. The van der Waals surface area contributed by atoms with Crippen molar-refractivity contribution in [3.8, 4) is 0 Å². The summed E-state index contributed by atoms with van der Waals surface area (Å²) in [4.78, 5) is 0. The van der Waals surface area contributed by atoms with Crippen molar-refractivity contribution < 1.29 is 0 Å². The lowest BCUT2D eigenvalue weighted by Gasteiger charge is -2.14. The second-order valence-corrected chi connectivity index (χ2v) is 2.29. The van der Waals surface area contributed by atoms with E-state index in [0.717, 1.165) is 19.3 Å². The van der Waals surface area contributed by atoms with Gasteiger partial charge in [-0.15, -0.1) is 0 Å². The first-order valence-corrected chi connectivity index (χ1v) is 3.54. The maximum absolute atomic E-state index is 6.91. The van der Waals surface area contributed by atoms with Crippen LogP contribution < -0.4 is 11.6 Å². The molecule has 10 heavy (non-hydrogen) atoms. The fraction of sp³-hybridized carbons (Fsp3) is 0.833. The highest BCUT2D eigenvalue weighted by molar-refractivity contribution is 5.73. The quantitative estimate of drug-likeness (QED) is 0.174. The van der Waals surface area contributed by atoms with Crippen LogP contribution >= 0.6 is 0 Å². The number of rotatable bonds is 4. The van der Waals surface area contributed by atoms with Crippen LogP contribution in [0.3, 0.4) is 0 Å². The highest BCUT2D eigenvalue weighted by Gasteiger charge is 1.97. The van der Waals surface area contributed by atoms with E-state index in [2.05, 4.69) is 6.92 Å². The van der Waals surface area contributed by atoms with Gasteiger partial charge in [0.15, 0.2) is 0 Å². The van der Waals surface area contributed by atoms with Gasteiger partial charge in [-0.2, -0.15) is 0 Å². The molecular formula is C6H16N4. The molecule has 0 aliphatic carbocycles. The summed E-state index contributed by atoms with van der Waals surface area (Å²) in [7, 11) is 0. The molecule has 0 aromatic heterocycles. The normalized spacial score (nSPS) is 9.40. The molecule has 0 fully saturated rings. The monoisotopic (exact) mass is 144 g/mol. The Morgan fingerprint density at radius 2 is 2.10 bits per heavy atom. The molecule has 0 aliphatic heterocycles. The van der Waals surface area contributed by atoms with E-state index in [-0.39, 0.29) is 5.96 Å². The highest BCUT2D eigenvalue weighted by Crippen LogP contribution is 1.93. The van der Waals surface area contributed by atoms with Crippen molar-refractivity contribution >= 4 is 5.96 Å². The van der Waals surface area contributed by atoms with Crippen molar-refractivity contribution in [2.45, 2.75) is 26.2 Å². The van der Waals surface area contributed by atoms with Gasteiger partial charge < -0.3 is 5.73 Å². The number of unbranched alkanes of at least 4 members (excludes halogenated alkanes) is 2. The molecule has 0 saturated carbocycles. The third-order valence-corrected chi connectivity index (χ3v) is 1.31. The summed E-state index contributed by atoms with van der Waals surface area (Å²) in [5, 5.41) is 8.17. The zero-order valence-corrected chi connectivity index (χ0v) is 6.43. The van der Waals surface area contributed by atoms with Gasteiger partial charge in [0.05, 0.1) is 0 Å². The van der Waals surface area contributed by atoms with Gasteiger partial charge in [-0.05, 0) is 6.42 Å². The Bertz CT molecular complexity index is 102. The van der Waals surface area contributed by atoms with Crippen LogP contribution in [-0.2, 0) is 0 Å². The molecule has 0 aliphatic rings. The first-order chi connectivity index (χ1) is 4.68. The molecule has 60 valence electrons. The van der Waals surface area contributed by atoms with Crippen molar-refractivity contribution in [2.24, 2.45) is 11.6 Å². The zero-order chi connectivity index (χ0) is 7.98. The fourth-order valence-electron chi connectivity index (χ4n) is 0.653. The molecule has 0 amide bonds. The minimum Gasteiger partial charge on any atom is -0.369 e. The summed E-state index contributed by atoms with van der Waals surface area (Å²) in [6.07, 6.45) is 3.30. The number of nitrogens with zero attached hydrogens (tertiary/aromatic N) is 1. The van der Waals surface area contributed by atoms with Crippen molar-refractivity contribution in [3.63, 3.8) is 0 Å². The maximum Gasteiger partial charge on any atom is 0.202 e. The average Bonchev–Trinajstić information content (AvgIpc) is 1.88. The molecule has 0 aromatic rings. The predicted octanol–water partition coefficient (Wildman–Crippen LogP) is 0.246. The minimum absolute atomic E-state index is 0.0592. The molecule has 0 saturated heterocycles. The SMILES string of the molecule is CCCCCN(N)C(=N)N. The second-order valence-electron chi connectivity index (χ2n) is 2.29. The largest absolute Gasteiger partial charge is 0.369 e. The molecule has 0 heterocycles. The van der Waals surface area contributed by atoms with E-state index in [1.807, 2.05) is 0 Å². The first-order valence-electron chi connectivity index (χ1n) is 3.54. The van der Waals surface area contributed by atoms with Gasteiger partial charge in [0.25, 0.3) is 0 Å². The summed E-state index contributed by atoms with van der Waals surface area (Å²) in [5.41, 5.74) is 5.10. The van der Waals surface area contributed by atoms with Crippen molar-refractivity contribution in [3.05, 3.63) is 0 Å². The number of hydrazine groups is 1. The molecular weight excluding hydrogens is 128 g/mol. The fourth-order valence-corrected chi connectivity index (χ4v) is 0.653. The van der Waals surface area contributed by atoms with E-state index in [4.69, 9.17) is 17.0 Å². The molecule has 4 nitrogen and oxygen atoms in total. The lowest BCUT2D eigenvalue weighted by molar-refractivity contribution is 0.414. The number of hydrogen-bond donors (Lipinski definition) is 3. The van der Waals surface area contributed by atoms with Crippen LogP contribution in [0.5, 0.6) is 0 Å². The van der Waals surface area contributed by atoms with Crippen molar-refractivity contribution in [2.75, 3.05) is 6.54 Å². The Kier molecular flexibility index (Phi) is 4.66. The van der Waals surface area contributed by atoms with E-state index in [0.29, 0.717) is 6.54 Å². The summed E-state index contributed by atoms with van der Waals surface area (Å²) < 4.78 is 0. The lowest BCUT2D eigenvalue weighted by atomic mass is 10.2. The van der Waals surface area contributed by atoms with Gasteiger partial charge in [0.1, 0.15) is 0 Å². The van der Waals surface area contributed by atoms with E-state index >= 15 is 0 Å². The van der Waals surface area contributed by atoms with Gasteiger partial charge in [-0.3, -0.25) is 10.4 Å². The summed E-state index contributed by atoms with van der Waals surface area (Å²) >= 11 is 0. The predicted molar refractivity (Wildman–Crippen MR) is 42.3 cm³/mol. The van der Waals surface area contributed by atoms with Gasteiger partial charge >= 0.3 is 0 Å². The molecule has 0 atom stereocenters. The van der Waals surface area contributed by atoms with Gasteiger partial charge in [0, 0.05) is 6.54 Å². The van der Waals surface area contributed by atoms with Crippen LogP contribution in [-0.4, -0.2) is 17.5 Å². The average molecular weight is 144 g/mol. The van der Waals surface area contributed by atoms with Crippen LogP contribution in [0.25, 0.3) is 0 Å². The van der Waals surface area contributed by atoms with Crippen LogP contribution in [0.2, 0.25) is 0 Å². The molecule has 0 radical (unpaired) electrons. The smallest absolute Gasteiger partial charge is 0.202 e. The van der Waals surface area contributed by atoms with Crippen LogP contribution in [0.4, 0.5) is 0 Å².